The van der Waals surface area contributed by atoms with Gasteiger partial charge >= 0.3 is 0 Å². The molecule has 2 rings (SSSR count). The van der Waals surface area contributed by atoms with Gasteiger partial charge in [0, 0.05) is 0 Å². The molecule has 0 unspecified atom stereocenters. The van der Waals surface area contributed by atoms with Crippen LogP contribution in [0.2, 0.25) is 5.02 Å². The van der Waals surface area contributed by atoms with Crippen molar-refractivity contribution in [2.24, 2.45) is 0 Å². The van der Waals surface area contributed by atoms with Gasteiger partial charge in [0.2, 0.25) is 0 Å². The van der Waals surface area contributed by atoms with E-state index in [1.165, 1.54) is 23.4 Å². The number of nitrogen functional groups attached to an aromatic ring is 1. The molecule has 0 saturated heterocycles. The highest BCUT2D eigenvalue weighted by Gasteiger charge is 2.08. The minimum atomic E-state index is -0.411. The topological polar surface area (TPSA) is 89.6 Å². The number of aromatic amines is 1. The second kappa shape index (κ2) is 3.15. The summed E-state index contributed by atoms with van der Waals surface area (Å²) < 4.78 is 1.34. The fraction of sp³-hybridized carbons (Fsp3) is 0. The van der Waals surface area contributed by atoms with Crippen LogP contribution in [0, 0.1) is 0 Å². The average molecular weight is 212 g/mol. The Kier molecular flexibility index (Phi) is 1.97. The van der Waals surface area contributed by atoms with E-state index < -0.39 is 5.56 Å². The summed E-state index contributed by atoms with van der Waals surface area (Å²) in [4.78, 5) is 17.3. The number of hydrogen-bond acceptors (Lipinski definition) is 4. The maximum Gasteiger partial charge on any atom is 0.271 e. The molecule has 0 saturated carbocycles. The van der Waals surface area contributed by atoms with E-state index >= 15 is 0 Å². The van der Waals surface area contributed by atoms with E-state index in [1.54, 1.807) is 0 Å². The standard InChI is InChI=1S/C7H6ClN5O/c8-5-6(10-3-11-7(5)14)13-2-4(9)1-12-13/h1-3H,9H2,(H,10,11,14). The molecule has 2 aromatic heterocycles. The van der Waals surface area contributed by atoms with E-state index in [1.807, 2.05) is 0 Å². The molecule has 3 N–H and O–H groups in total. The third kappa shape index (κ3) is 1.35. The van der Waals surface area contributed by atoms with Crippen LogP contribution in [0.15, 0.2) is 23.5 Å². The number of hydrogen-bond donors (Lipinski definition) is 2. The number of nitrogens with zero attached hydrogens (tertiary/aromatic N) is 3. The SMILES string of the molecule is Nc1cnn(-c2nc[nH]c(=O)c2Cl)c1. The van der Waals surface area contributed by atoms with E-state index in [9.17, 15) is 4.79 Å². The first-order valence-electron chi connectivity index (χ1n) is 3.72. The fourth-order valence-electron chi connectivity index (χ4n) is 0.986. The number of anilines is 1. The van der Waals surface area contributed by atoms with Crippen LogP contribution >= 0.6 is 11.6 Å². The molecule has 0 spiro atoms. The highest BCUT2D eigenvalue weighted by Crippen LogP contribution is 2.12. The molecule has 0 aromatic carbocycles. The summed E-state index contributed by atoms with van der Waals surface area (Å²) in [6.45, 7) is 0. The van der Waals surface area contributed by atoms with Gasteiger partial charge in [0.15, 0.2) is 10.8 Å². The Morgan fingerprint density at radius 3 is 3.00 bits per heavy atom. The maximum atomic E-state index is 11.1. The van der Waals surface area contributed by atoms with Crippen molar-refractivity contribution in [1.29, 1.82) is 0 Å². The molecule has 0 radical (unpaired) electrons. The largest absolute Gasteiger partial charge is 0.396 e. The minimum absolute atomic E-state index is 0.0180. The Morgan fingerprint density at radius 2 is 2.36 bits per heavy atom. The molecule has 0 atom stereocenters. The van der Waals surface area contributed by atoms with E-state index in [0.29, 0.717) is 5.69 Å². The second-order valence-electron chi connectivity index (χ2n) is 2.59. The molecule has 7 heteroatoms. The highest BCUT2D eigenvalue weighted by atomic mass is 35.5. The summed E-state index contributed by atoms with van der Waals surface area (Å²) in [5.74, 6) is 0.257. The van der Waals surface area contributed by atoms with Crippen molar-refractivity contribution in [3.8, 4) is 5.82 Å². The summed E-state index contributed by atoms with van der Waals surface area (Å²) in [6.07, 6.45) is 4.22. The predicted octanol–water partition coefficient (Wildman–Crippen LogP) is 0.191. The van der Waals surface area contributed by atoms with Crippen LogP contribution in [0.25, 0.3) is 5.82 Å². The molecule has 0 bridgehead atoms. The van der Waals surface area contributed by atoms with Gasteiger partial charge in [0.25, 0.3) is 5.56 Å². The molecule has 0 fully saturated rings. The van der Waals surface area contributed by atoms with Gasteiger partial charge in [-0.05, 0) is 0 Å². The Bertz CT molecular complexity index is 517. The fourth-order valence-corrected chi connectivity index (χ4v) is 1.18. The summed E-state index contributed by atoms with van der Waals surface area (Å²) in [5, 5.41) is 3.86. The number of aromatic nitrogens is 4. The third-order valence-electron chi connectivity index (χ3n) is 1.60. The van der Waals surface area contributed by atoms with Crippen molar-refractivity contribution >= 4 is 17.3 Å². The lowest BCUT2D eigenvalue weighted by Gasteiger charge is -1.99. The highest BCUT2D eigenvalue weighted by molar-refractivity contribution is 6.31. The Labute approximate surface area is 83.3 Å². The van der Waals surface area contributed by atoms with Gasteiger partial charge in [-0.25, -0.2) is 9.67 Å². The van der Waals surface area contributed by atoms with E-state index in [4.69, 9.17) is 17.3 Å². The summed E-state index contributed by atoms with van der Waals surface area (Å²) >= 11 is 5.73. The van der Waals surface area contributed by atoms with Gasteiger partial charge in [-0.3, -0.25) is 4.79 Å². The Hall–Kier alpha value is -1.82. The van der Waals surface area contributed by atoms with Crippen molar-refractivity contribution in [1.82, 2.24) is 19.7 Å². The van der Waals surface area contributed by atoms with Gasteiger partial charge in [-0.1, -0.05) is 11.6 Å². The lowest BCUT2D eigenvalue weighted by Crippen LogP contribution is -2.11. The predicted molar refractivity (Wildman–Crippen MR) is 51.4 cm³/mol. The average Bonchev–Trinajstić information content (AvgIpc) is 2.57. The smallest absolute Gasteiger partial charge is 0.271 e. The monoisotopic (exact) mass is 211 g/mol. The zero-order chi connectivity index (χ0) is 10.1. The van der Waals surface area contributed by atoms with E-state index in [-0.39, 0.29) is 10.8 Å². The van der Waals surface area contributed by atoms with Crippen LogP contribution in [-0.4, -0.2) is 19.7 Å². The third-order valence-corrected chi connectivity index (χ3v) is 1.94. The summed E-state index contributed by atoms with van der Waals surface area (Å²) in [6, 6.07) is 0. The number of nitrogens with two attached hydrogens (primary N) is 1. The summed E-state index contributed by atoms with van der Waals surface area (Å²) in [5.41, 5.74) is 5.53. The maximum absolute atomic E-state index is 11.1. The first kappa shape index (κ1) is 8.76. The van der Waals surface area contributed by atoms with Crippen molar-refractivity contribution in [3.63, 3.8) is 0 Å². The molecule has 2 heterocycles. The van der Waals surface area contributed by atoms with Crippen molar-refractivity contribution in [2.75, 3.05) is 5.73 Å². The second-order valence-corrected chi connectivity index (χ2v) is 2.97. The lowest BCUT2D eigenvalue weighted by atomic mass is 10.5. The molecule has 0 aliphatic rings. The number of H-pyrrole nitrogens is 1. The quantitative estimate of drug-likeness (QED) is 0.705. The van der Waals surface area contributed by atoms with Crippen molar-refractivity contribution < 1.29 is 0 Å². The molecule has 0 aliphatic heterocycles. The van der Waals surface area contributed by atoms with E-state index in [0.717, 1.165) is 0 Å². The molecular weight excluding hydrogens is 206 g/mol. The minimum Gasteiger partial charge on any atom is -0.396 e. The van der Waals surface area contributed by atoms with Gasteiger partial charge in [0.1, 0.15) is 0 Å². The number of halogens is 1. The van der Waals surface area contributed by atoms with Gasteiger partial charge < -0.3 is 10.7 Å². The van der Waals surface area contributed by atoms with Crippen LogP contribution in [0.5, 0.6) is 0 Å². The normalized spacial score (nSPS) is 10.4. The van der Waals surface area contributed by atoms with E-state index in [2.05, 4.69) is 15.1 Å². The lowest BCUT2D eigenvalue weighted by molar-refractivity contribution is 0.835. The Morgan fingerprint density at radius 1 is 1.57 bits per heavy atom. The molecule has 72 valence electrons. The van der Waals surface area contributed by atoms with Crippen LogP contribution in [0.1, 0.15) is 0 Å². The molecule has 2 aromatic rings. The van der Waals surface area contributed by atoms with Crippen LogP contribution < -0.4 is 11.3 Å². The molecule has 0 aliphatic carbocycles. The van der Waals surface area contributed by atoms with Crippen LogP contribution in [0.3, 0.4) is 0 Å². The Balaban J connectivity index is 2.63. The van der Waals surface area contributed by atoms with Gasteiger partial charge in [0.05, 0.1) is 24.4 Å². The number of rotatable bonds is 1. The first-order valence-corrected chi connectivity index (χ1v) is 4.10. The van der Waals surface area contributed by atoms with Crippen molar-refractivity contribution in [3.05, 3.63) is 34.1 Å². The van der Waals surface area contributed by atoms with Crippen molar-refractivity contribution in [2.45, 2.75) is 0 Å². The molecule has 0 amide bonds. The van der Waals surface area contributed by atoms with Gasteiger partial charge in [-0.2, -0.15) is 5.10 Å². The van der Waals surface area contributed by atoms with Crippen LogP contribution in [0.4, 0.5) is 5.69 Å². The zero-order valence-corrected chi connectivity index (χ0v) is 7.69. The summed E-state index contributed by atoms with van der Waals surface area (Å²) in [7, 11) is 0. The van der Waals surface area contributed by atoms with Gasteiger partial charge in [-0.15, -0.1) is 0 Å². The molecule has 6 nitrogen and oxygen atoms in total. The first-order chi connectivity index (χ1) is 6.68. The molecule has 14 heavy (non-hydrogen) atoms. The molecular formula is C7H6ClN5O. The number of nitrogens with one attached hydrogen (secondary N) is 1. The zero-order valence-electron chi connectivity index (χ0n) is 6.94. The van der Waals surface area contributed by atoms with Crippen LogP contribution in [-0.2, 0) is 0 Å².